The quantitative estimate of drug-likeness (QED) is 0.617. The molecule has 88 valence electrons. The van der Waals surface area contributed by atoms with Gasteiger partial charge in [0, 0.05) is 4.47 Å². The number of halogens is 2. The first-order chi connectivity index (χ1) is 7.34. The van der Waals surface area contributed by atoms with E-state index in [9.17, 15) is 15.0 Å². The molecule has 1 atom stereocenters. The molecule has 0 saturated heterocycles. The maximum atomic E-state index is 10.6. The predicted molar refractivity (Wildman–Crippen MR) is 64.5 cm³/mol. The fourth-order valence-electron chi connectivity index (χ4n) is 1.13. The molecule has 1 aromatic carbocycles. The lowest BCUT2D eigenvalue weighted by Gasteiger charge is -2.11. The molecule has 1 rings (SSSR count). The molecule has 0 fully saturated rings. The van der Waals surface area contributed by atoms with Crippen LogP contribution in [-0.2, 0) is 11.2 Å². The molecule has 0 aliphatic heterocycles. The minimum absolute atomic E-state index is 0.0440. The number of aromatic hydroxyl groups is 2. The zero-order valence-corrected chi connectivity index (χ0v) is 11.1. The van der Waals surface area contributed by atoms with Crippen LogP contribution in [-0.4, -0.2) is 27.3 Å². The third kappa shape index (κ3) is 2.66. The van der Waals surface area contributed by atoms with Crippen molar-refractivity contribution in [2.45, 2.75) is 12.5 Å². The average molecular weight is 355 g/mol. The Balaban J connectivity index is 3.11. The standard InChI is InChI=1S/C9H9Br2NO4/c10-6-3(1-4(12)9(15)16)2-5(13)8(14)7(6)11/h2,4,13-14H,1,12H2,(H,15,16). The maximum absolute atomic E-state index is 10.6. The van der Waals surface area contributed by atoms with Crippen LogP contribution in [0.3, 0.4) is 0 Å². The average Bonchev–Trinajstić information content (AvgIpc) is 2.22. The molecule has 0 radical (unpaired) electrons. The lowest BCUT2D eigenvalue weighted by Crippen LogP contribution is -2.32. The fourth-order valence-corrected chi connectivity index (χ4v) is 2.05. The monoisotopic (exact) mass is 353 g/mol. The van der Waals surface area contributed by atoms with Crippen LogP contribution in [0, 0.1) is 0 Å². The molecule has 0 heterocycles. The van der Waals surface area contributed by atoms with Gasteiger partial charge in [-0.3, -0.25) is 4.79 Å². The van der Waals surface area contributed by atoms with Crippen molar-refractivity contribution in [2.75, 3.05) is 0 Å². The zero-order chi connectivity index (χ0) is 12.5. The Bertz CT molecular complexity index is 436. The summed E-state index contributed by atoms with van der Waals surface area (Å²) in [7, 11) is 0. The van der Waals surface area contributed by atoms with Crippen LogP contribution in [0.25, 0.3) is 0 Å². The summed E-state index contributed by atoms with van der Waals surface area (Å²) in [6.45, 7) is 0. The Kier molecular flexibility index (Phi) is 4.17. The first-order valence-electron chi connectivity index (χ1n) is 4.21. The van der Waals surface area contributed by atoms with Crippen molar-refractivity contribution < 1.29 is 20.1 Å². The van der Waals surface area contributed by atoms with Crippen molar-refractivity contribution in [1.29, 1.82) is 0 Å². The molecule has 1 unspecified atom stereocenters. The summed E-state index contributed by atoms with van der Waals surface area (Å²) in [6, 6.07) is 0.208. The second-order valence-electron chi connectivity index (χ2n) is 3.18. The summed E-state index contributed by atoms with van der Waals surface area (Å²) < 4.78 is 0.736. The number of rotatable bonds is 3. The number of carbonyl (C=O) groups is 1. The summed E-state index contributed by atoms with van der Waals surface area (Å²) in [5, 5.41) is 27.4. The Labute approximate surface area is 108 Å². The van der Waals surface area contributed by atoms with Crippen LogP contribution in [0.15, 0.2) is 15.0 Å². The molecular weight excluding hydrogens is 346 g/mol. The highest BCUT2D eigenvalue weighted by Gasteiger charge is 2.18. The van der Waals surface area contributed by atoms with Gasteiger partial charge in [-0.05, 0) is 49.9 Å². The van der Waals surface area contributed by atoms with Gasteiger partial charge >= 0.3 is 5.97 Å². The Hall–Kier alpha value is -0.790. The summed E-state index contributed by atoms with van der Waals surface area (Å²) in [6.07, 6.45) is 0.0440. The molecule has 16 heavy (non-hydrogen) atoms. The van der Waals surface area contributed by atoms with Gasteiger partial charge in [-0.2, -0.15) is 0 Å². The van der Waals surface area contributed by atoms with E-state index >= 15 is 0 Å². The minimum atomic E-state index is -1.13. The highest BCUT2D eigenvalue weighted by atomic mass is 79.9. The normalized spacial score (nSPS) is 12.4. The van der Waals surface area contributed by atoms with E-state index < -0.39 is 12.0 Å². The first kappa shape index (κ1) is 13.3. The molecule has 0 bridgehead atoms. The lowest BCUT2D eigenvalue weighted by molar-refractivity contribution is -0.138. The zero-order valence-electron chi connectivity index (χ0n) is 7.94. The summed E-state index contributed by atoms with van der Waals surface area (Å²) >= 11 is 6.24. The third-order valence-electron chi connectivity index (χ3n) is 1.99. The van der Waals surface area contributed by atoms with Gasteiger partial charge in [0.25, 0.3) is 0 Å². The van der Waals surface area contributed by atoms with Crippen LogP contribution in [0.4, 0.5) is 0 Å². The number of carboxylic acids is 1. The Morgan fingerprint density at radius 3 is 2.44 bits per heavy atom. The van der Waals surface area contributed by atoms with Crippen LogP contribution in [0.5, 0.6) is 11.5 Å². The van der Waals surface area contributed by atoms with Crippen LogP contribution in [0.2, 0.25) is 0 Å². The highest BCUT2D eigenvalue weighted by molar-refractivity contribution is 9.13. The lowest BCUT2D eigenvalue weighted by atomic mass is 10.1. The van der Waals surface area contributed by atoms with E-state index in [4.69, 9.17) is 10.8 Å². The van der Waals surface area contributed by atoms with Crippen molar-refractivity contribution in [2.24, 2.45) is 5.73 Å². The number of hydrogen-bond acceptors (Lipinski definition) is 4. The topological polar surface area (TPSA) is 104 Å². The molecule has 0 amide bonds. The fraction of sp³-hybridized carbons (Fsp3) is 0.222. The predicted octanol–water partition coefficient (Wildman–Crippen LogP) is 1.58. The van der Waals surface area contributed by atoms with Gasteiger partial charge in [0.05, 0.1) is 4.47 Å². The van der Waals surface area contributed by atoms with E-state index in [0.29, 0.717) is 10.0 Å². The molecule has 0 saturated carbocycles. The van der Waals surface area contributed by atoms with E-state index in [1.54, 1.807) is 0 Å². The van der Waals surface area contributed by atoms with E-state index in [2.05, 4.69) is 31.9 Å². The number of phenolic OH excluding ortho intramolecular Hbond substituents is 2. The van der Waals surface area contributed by atoms with E-state index in [-0.39, 0.29) is 22.4 Å². The summed E-state index contributed by atoms with van der Waals surface area (Å²) in [5.41, 5.74) is 5.87. The Morgan fingerprint density at radius 2 is 1.94 bits per heavy atom. The maximum Gasteiger partial charge on any atom is 0.320 e. The summed E-state index contributed by atoms with van der Waals surface area (Å²) in [4.78, 5) is 10.6. The molecule has 0 aromatic heterocycles. The van der Waals surface area contributed by atoms with Gasteiger partial charge in [-0.15, -0.1) is 0 Å². The third-order valence-corrected chi connectivity index (χ3v) is 4.20. The van der Waals surface area contributed by atoms with Crippen LogP contribution < -0.4 is 5.73 Å². The second kappa shape index (κ2) is 5.03. The van der Waals surface area contributed by atoms with E-state index in [1.165, 1.54) is 6.07 Å². The van der Waals surface area contributed by atoms with Gasteiger partial charge in [0.1, 0.15) is 6.04 Å². The smallest absolute Gasteiger partial charge is 0.320 e. The first-order valence-corrected chi connectivity index (χ1v) is 5.80. The van der Waals surface area contributed by atoms with Gasteiger partial charge < -0.3 is 21.1 Å². The molecule has 1 aromatic rings. The molecule has 5 nitrogen and oxygen atoms in total. The van der Waals surface area contributed by atoms with Crippen LogP contribution >= 0.6 is 31.9 Å². The molecule has 7 heteroatoms. The van der Waals surface area contributed by atoms with Crippen molar-refractivity contribution in [3.05, 3.63) is 20.6 Å². The Morgan fingerprint density at radius 1 is 1.38 bits per heavy atom. The number of phenols is 2. The summed E-state index contributed by atoms with van der Waals surface area (Å²) in [5.74, 6) is -1.77. The molecule has 5 N–H and O–H groups in total. The number of aliphatic carboxylic acids is 1. The van der Waals surface area contributed by atoms with E-state index in [1.807, 2.05) is 0 Å². The molecule has 0 aliphatic rings. The molecular formula is C9H9Br2NO4. The molecule has 0 aliphatic carbocycles. The van der Waals surface area contributed by atoms with Crippen molar-refractivity contribution >= 4 is 37.8 Å². The number of benzene rings is 1. The second-order valence-corrected chi connectivity index (χ2v) is 4.77. The number of nitrogens with two attached hydrogens (primary N) is 1. The minimum Gasteiger partial charge on any atom is -0.504 e. The van der Waals surface area contributed by atoms with Crippen LogP contribution in [0.1, 0.15) is 5.56 Å². The SMILES string of the molecule is NC(Cc1cc(O)c(O)c(Br)c1Br)C(=O)O. The number of hydrogen-bond donors (Lipinski definition) is 4. The largest absolute Gasteiger partial charge is 0.504 e. The highest BCUT2D eigenvalue weighted by Crippen LogP contribution is 2.41. The van der Waals surface area contributed by atoms with Gasteiger partial charge in [0.2, 0.25) is 0 Å². The van der Waals surface area contributed by atoms with E-state index in [0.717, 1.165) is 0 Å². The van der Waals surface area contributed by atoms with Gasteiger partial charge in [-0.25, -0.2) is 0 Å². The molecule has 0 spiro atoms. The van der Waals surface area contributed by atoms with Crippen molar-refractivity contribution in [3.8, 4) is 11.5 Å². The number of carboxylic acid groups (broad SMARTS) is 1. The van der Waals surface area contributed by atoms with Crippen molar-refractivity contribution in [3.63, 3.8) is 0 Å². The van der Waals surface area contributed by atoms with Crippen molar-refractivity contribution in [1.82, 2.24) is 0 Å². The van der Waals surface area contributed by atoms with Gasteiger partial charge in [-0.1, -0.05) is 0 Å². The van der Waals surface area contributed by atoms with Gasteiger partial charge in [0.15, 0.2) is 11.5 Å².